The number of ether oxygens (including phenoxy) is 1. The minimum Gasteiger partial charge on any atom is -0.496 e. The van der Waals surface area contributed by atoms with E-state index in [1.165, 1.54) is 16.8 Å². The number of benzene rings is 3. The highest BCUT2D eigenvalue weighted by atomic mass is 32.2. The van der Waals surface area contributed by atoms with Gasteiger partial charge in [0.1, 0.15) is 5.75 Å². The number of sulfonamides is 1. The van der Waals surface area contributed by atoms with Gasteiger partial charge in [-0.15, -0.1) is 0 Å². The normalized spacial score (nSPS) is 11.4. The molecule has 1 N–H and O–H groups in total. The molecule has 3 aromatic carbocycles. The van der Waals surface area contributed by atoms with E-state index in [4.69, 9.17) is 4.74 Å². The Hall–Kier alpha value is -3.65. The predicted octanol–water partition coefficient (Wildman–Crippen LogP) is 4.04. The molecule has 3 aromatic rings. The van der Waals surface area contributed by atoms with Crippen LogP contribution in [-0.4, -0.2) is 33.9 Å². The molecule has 0 radical (unpaired) electrons. The number of nitrogens with zero attached hydrogens (tertiary/aromatic N) is 2. The number of carbonyl (C=O) groups excluding carboxylic acids is 1. The topological polar surface area (TPSA) is 88.1 Å². The second kappa shape index (κ2) is 10.3. The second-order valence-electron chi connectivity index (χ2n) is 7.68. The third-order valence-electron chi connectivity index (χ3n) is 5.23. The van der Waals surface area contributed by atoms with Gasteiger partial charge in [-0.3, -0.25) is 9.10 Å². The van der Waals surface area contributed by atoms with Crippen molar-refractivity contribution < 1.29 is 17.9 Å². The number of para-hydroxylation sites is 1. The number of nitrogens with one attached hydrogen (secondary N) is 1. The summed E-state index contributed by atoms with van der Waals surface area (Å²) in [6.07, 6.45) is 2.70. The van der Waals surface area contributed by atoms with Crippen molar-refractivity contribution in [2.45, 2.75) is 20.4 Å². The summed E-state index contributed by atoms with van der Waals surface area (Å²) in [5.41, 5.74) is 7.11. The summed E-state index contributed by atoms with van der Waals surface area (Å²) >= 11 is 0. The summed E-state index contributed by atoms with van der Waals surface area (Å²) in [5, 5.41) is 3.99. The van der Waals surface area contributed by atoms with Gasteiger partial charge in [-0.1, -0.05) is 30.3 Å². The number of carbonyl (C=O) groups is 1. The fourth-order valence-corrected chi connectivity index (χ4v) is 4.09. The quantitative estimate of drug-likeness (QED) is 0.402. The Labute approximate surface area is 194 Å². The summed E-state index contributed by atoms with van der Waals surface area (Å²) in [6, 6.07) is 19.6. The van der Waals surface area contributed by atoms with Crippen molar-refractivity contribution in [1.82, 2.24) is 5.43 Å². The maximum Gasteiger partial charge on any atom is 0.271 e. The monoisotopic (exact) mass is 465 g/mol. The first kappa shape index (κ1) is 24.0. The van der Waals surface area contributed by atoms with Crippen molar-refractivity contribution in [2.24, 2.45) is 5.10 Å². The molecule has 0 saturated carbocycles. The third kappa shape index (κ3) is 6.20. The molecule has 0 aliphatic rings. The van der Waals surface area contributed by atoms with Crippen LogP contribution >= 0.6 is 0 Å². The molecular formula is C25H27N3O4S. The molecule has 0 fully saturated rings. The maximum absolute atomic E-state index is 12.4. The van der Waals surface area contributed by atoms with Crippen LogP contribution in [0, 0.1) is 13.8 Å². The van der Waals surface area contributed by atoms with E-state index in [1.54, 1.807) is 43.5 Å². The number of hydrogen-bond donors (Lipinski definition) is 1. The zero-order valence-corrected chi connectivity index (χ0v) is 19.9. The number of hydrogen-bond acceptors (Lipinski definition) is 5. The highest BCUT2D eigenvalue weighted by Crippen LogP contribution is 2.23. The Bertz CT molecular complexity index is 1270. The summed E-state index contributed by atoms with van der Waals surface area (Å²) in [7, 11) is -1.92. The number of rotatable bonds is 8. The molecular weight excluding hydrogens is 438 g/mol. The molecule has 7 nitrogen and oxygen atoms in total. The minimum absolute atomic E-state index is 0.162. The van der Waals surface area contributed by atoms with E-state index < -0.39 is 10.0 Å². The van der Waals surface area contributed by atoms with E-state index in [9.17, 15) is 13.2 Å². The van der Waals surface area contributed by atoms with E-state index in [0.717, 1.165) is 22.3 Å². The van der Waals surface area contributed by atoms with Crippen molar-refractivity contribution >= 4 is 27.8 Å². The molecule has 0 aromatic heterocycles. The average Bonchev–Trinajstić information content (AvgIpc) is 2.79. The van der Waals surface area contributed by atoms with Crippen molar-refractivity contribution in [3.8, 4) is 5.75 Å². The van der Waals surface area contributed by atoms with Gasteiger partial charge < -0.3 is 4.74 Å². The lowest BCUT2D eigenvalue weighted by Crippen LogP contribution is -2.29. The van der Waals surface area contributed by atoms with Crippen LogP contribution in [0.5, 0.6) is 5.75 Å². The Morgan fingerprint density at radius 3 is 2.36 bits per heavy atom. The molecule has 0 unspecified atom stereocenters. The first-order valence-electron chi connectivity index (χ1n) is 10.3. The van der Waals surface area contributed by atoms with Gasteiger partial charge in [0.2, 0.25) is 10.0 Å². The third-order valence-corrected chi connectivity index (χ3v) is 6.37. The molecule has 3 rings (SSSR count). The van der Waals surface area contributed by atoms with Crippen LogP contribution in [0.3, 0.4) is 0 Å². The molecule has 0 aliphatic heterocycles. The zero-order valence-electron chi connectivity index (χ0n) is 19.1. The second-order valence-corrected chi connectivity index (χ2v) is 9.58. The number of amides is 1. The van der Waals surface area contributed by atoms with Gasteiger partial charge in [-0.05, 0) is 66.9 Å². The molecule has 33 heavy (non-hydrogen) atoms. The summed E-state index contributed by atoms with van der Waals surface area (Å²) in [6.45, 7) is 4.09. The summed E-state index contributed by atoms with van der Waals surface area (Å²) in [5.74, 6) is 0.279. The number of anilines is 1. The zero-order chi connectivity index (χ0) is 24.0. The van der Waals surface area contributed by atoms with Gasteiger partial charge in [0.05, 0.1) is 31.8 Å². The van der Waals surface area contributed by atoms with Gasteiger partial charge in [-0.25, -0.2) is 13.8 Å². The largest absolute Gasteiger partial charge is 0.496 e. The molecule has 1 amide bonds. The standard InChI is InChI=1S/C25H27N3O4S/c1-18-9-14-23(15-19(18)2)28(33(4,30)31)17-20-10-12-21(13-11-20)25(29)27-26-16-22-7-5-6-8-24(22)32-3/h5-16H,17H2,1-4H3,(H,27,29)/b26-16-. The lowest BCUT2D eigenvalue weighted by atomic mass is 10.1. The van der Waals surface area contributed by atoms with E-state index in [2.05, 4.69) is 10.5 Å². The van der Waals surface area contributed by atoms with Crippen LogP contribution in [0.25, 0.3) is 0 Å². The molecule has 172 valence electrons. The average molecular weight is 466 g/mol. The minimum atomic E-state index is -3.49. The molecule has 0 atom stereocenters. The van der Waals surface area contributed by atoms with Crippen molar-refractivity contribution in [2.75, 3.05) is 17.7 Å². The van der Waals surface area contributed by atoms with Crippen LogP contribution in [-0.2, 0) is 16.6 Å². The SMILES string of the molecule is COc1ccccc1/C=N\NC(=O)c1ccc(CN(c2ccc(C)c(C)c2)S(C)(=O)=O)cc1. The van der Waals surface area contributed by atoms with Crippen LogP contribution < -0.4 is 14.5 Å². The molecule has 0 bridgehead atoms. The first-order chi connectivity index (χ1) is 15.7. The number of hydrazone groups is 1. The van der Waals surface area contributed by atoms with Crippen LogP contribution in [0.2, 0.25) is 0 Å². The van der Waals surface area contributed by atoms with Crippen LogP contribution in [0.1, 0.15) is 32.6 Å². The lowest BCUT2D eigenvalue weighted by molar-refractivity contribution is 0.0955. The fourth-order valence-electron chi connectivity index (χ4n) is 3.21. The number of methoxy groups -OCH3 is 1. The van der Waals surface area contributed by atoms with Gasteiger partial charge in [0, 0.05) is 11.1 Å². The molecule has 0 heterocycles. The van der Waals surface area contributed by atoms with Gasteiger partial charge in [0.25, 0.3) is 5.91 Å². The highest BCUT2D eigenvalue weighted by molar-refractivity contribution is 7.92. The fraction of sp³-hybridized carbons (Fsp3) is 0.200. The Morgan fingerprint density at radius 2 is 1.73 bits per heavy atom. The first-order valence-corrected chi connectivity index (χ1v) is 12.1. The lowest BCUT2D eigenvalue weighted by Gasteiger charge is -2.23. The Kier molecular flexibility index (Phi) is 7.50. The summed E-state index contributed by atoms with van der Waals surface area (Å²) in [4.78, 5) is 12.4. The van der Waals surface area contributed by atoms with Gasteiger partial charge in [-0.2, -0.15) is 5.10 Å². The van der Waals surface area contributed by atoms with E-state index >= 15 is 0 Å². The van der Waals surface area contributed by atoms with E-state index in [1.807, 2.05) is 44.2 Å². The predicted molar refractivity (Wildman–Crippen MR) is 131 cm³/mol. The number of aryl methyl sites for hydroxylation is 2. The molecule has 0 saturated heterocycles. The molecule has 0 aliphatic carbocycles. The van der Waals surface area contributed by atoms with E-state index in [0.29, 0.717) is 17.0 Å². The maximum atomic E-state index is 12.4. The molecule has 0 spiro atoms. The van der Waals surface area contributed by atoms with Crippen LogP contribution in [0.4, 0.5) is 5.69 Å². The van der Waals surface area contributed by atoms with Crippen molar-refractivity contribution in [3.63, 3.8) is 0 Å². The van der Waals surface area contributed by atoms with Crippen molar-refractivity contribution in [3.05, 3.63) is 94.5 Å². The van der Waals surface area contributed by atoms with Crippen LogP contribution in [0.15, 0.2) is 71.8 Å². The summed E-state index contributed by atoms with van der Waals surface area (Å²) < 4.78 is 31.5. The van der Waals surface area contributed by atoms with Gasteiger partial charge in [0.15, 0.2) is 0 Å². The van der Waals surface area contributed by atoms with Crippen molar-refractivity contribution in [1.29, 1.82) is 0 Å². The Balaban J connectivity index is 1.71. The highest BCUT2D eigenvalue weighted by Gasteiger charge is 2.18. The molecule has 8 heteroatoms. The van der Waals surface area contributed by atoms with Gasteiger partial charge >= 0.3 is 0 Å². The Morgan fingerprint density at radius 1 is 1.03 bits per heavy atom. The smallest absolute Gasteiger partial charge is 0.271 e. The van der Waals surface area contributed by atoms with E-state index in [-0.39, 0.29) is 12.5 Å².